The molecule has 1 unspecified atom stereocenters. The molecule has 0 saturated carbocycles. The van der Waals surface area contributed by atoms with E-state index in [4.69, 9.17) is 4.42 Å². The molecule has 3 amide bonds. The van der Waals surface area contributed by atoms with Gasteiger partial charge in [0.05, 0.1) is 6.54 Å². The minimum atomic E-state index is -1.09. The number of nitrogens with zero attached hydrogens (tertiary/aromatic N) is 1. The number of halogens is 1. The van der Waals surface area contributed by atoms with Crippen LogP contribution in [0, 0.1) is 0 Å². The molecule has 4 rings (SSSR count). The molecule has 0 spiro atoms. The molecule has 0 radical (unpaired) electrons. The van der Waals surface area contributed by atoms with Gasteiger partial charge in [-0.25, -0.2) is 9.59 Å². The summed E-state index contributed by atoms with van der Waals surface area (Å²) in [7, 11) is 0. The molecule has 1 aromatic heterocycles. The molecule has 154 valence electrons. The van der Waals surface area contributed by atoms with Gasteiger partial charge < -0.3 is 9.73 Å². The molecule has 6 nitrogen and oxygen atoms in total. The zero-order chi connectivity index (χ0) is 21.3. The van der Waals surface area contributed by atoms with Crippen molar-refractivity contribution in [2.24, 2.45) is 0 Å². The fourth-order valence-corrected chi connectivity index (χ4v) is 4.29. The third-order valence-electron chi connectivity index (χ3n) is 5.47. The number of fused-ring (bicyclic) bond motifs is 1. The van der Waals surface area contributed by atoms with Gasteiger partial charge in [-0.3, -0.25) is 9.69 Å². The van der Waals surface area contributed by atoms with E-state index in [0.29, 0.717) is 23.0 Å². The first-order valence-electron chi connectivity index (χ1n) is 9.86. The van der Waals surface area contributed by atoms with Gasteiger partial charge in [-0.05, 0) is 35.7 Å². The van der Waals surface area contributed by atoms with Crippen molar-refractivity contribution >= 4 is 38.8 Å². The molecule has 2 heterocycles. The molecule has 3 aromatic rings. The molecular formula is C23H21BrN2O4. The fraction of sp³-hybridized carbons (Fsp3) is 0.261. The van der Waals surface area contributed by atoms with Crippen LogP contribution < -0.4 is 10.9 Å². The zero-order valence-corrected chi connectivity index (χ0v) is 18.1. The Hall–Kier alpha value is -2.93. The second kappa shape index (κ2) is 8.07. The van der Waals surface area contributed by atoms with Gasteiger partial charge >= 0.3 is 11.7 Å². The Kier molecular flexibility index (Phi) is 5.47. The van der Waals surface area contributed by atoms with Crippen molar-refractivity contribution in [2.45, 2.75) is 38.3 Å². The van der Waals surface area contributed by atoms with Gasteiger partial charge in [0.2, 0.25) is 0 Å². The van der Waals surface area contributed by atoms with E-state index in [0.717, 1.165) is 22.9 Å². The predicted octanol–water partition coefficient (Wildman–Crippen LogP) is 4.69. The number of hydrogen-bond acceptors (Lipinski definition) is 4. The number of nitrogens with one attached hydrogen (secondary N) is 1. The summed E-state index contributed by atoms with van der Waals surface area (Å²) in [5.41, 5.74) is 0.117. The normalized spacial score (nSPS) is 18.8. The number of benzene rings is 2. The first-order valence-corrected chi connectivity index (χ1v) is 10.7. The first-order chi connectivity index (χ1) is 14.4. The monoisotopic (exact) mass is 468 g/mol. The number of rotatable bonds is 6. The van der Waals surface area contributed by atoms with Gasteiger partial charge in [-0.1, -0.05) is 66.0 Å². The van der Waals surface area contributed by atoms with Gasteiger partial charge in [-0.15, -0.1) is 0 Å². The van der Waals surface area contributed by atoms with E-state index in [1.165, 1.54) is 11.0 Å². The van der Waals surface area contributed by atoms with E-state index in [9.17, 15) is 14.4 Å². The summed E-state index contributed by atoms with van der Waals surface area (Å²) >= 11 is 3.36. The van der Waals surface area contributed by atoms with Crippen LogP contribution in [0.15, 0.2) is 68.3 Å². The van der Waals surface area contributed by atoms with E-state index in [1.807, 2.05) is 43.3 Å². The van der Waals surface area contributed by atoms with Crippen molar-refractivity contribution in [1.82, 2.24) is 10.2 Å². The van der Waals surface area contributed by atoms with Crippen molar-refractivity contribution in [3.05, 3.63) is 80.6 Å². The number of imide groups is 1. The van der Waals surface area contributed by atoms with Crippen molar-refractivity contribution < 1.29 is 14.0 Å². The number of hydrogen-bond donors (Lipinski definition) is 1. The van der Waals surface area contributed by atoms with Crippen LogP contribution in [-0.4, -0.2) is 16.8 Å². The lowest BCUT2D eigenvalue weighted by molar-refractivity contribution is -0.132. The molecule has 2 aromatic carbocycles. The minimum absolute atomic E-state index is 0.00485. The predicted molar refractivity (Wildman–Crippen MR) is 117 cm³/mol. The van der Waals surface area contributed by atoms with E-state index in [2.05, 4.69) is 21.2 Å². The largest absolute Gasteiger partial charge is 0.423 e. The summed E-state index contributed by atoms with van der Waals surface area (Å²) in [6.07, 6.45) is 2.21. The summed E-state index contributed by atoms with van der Waals surface area (Å²) in [6.45, 7) is 2.04. The summed E-state index contributed by atoms with van der Waals surface area (Å²) in [4.78, 5) is 39.7. The second-order valence-electron chi connectivity index (χ2n) is 7.43. The number of amides is 3. The third kappa shape index (κ3) is 3.54. The van der Waals surface area contributed by atoms with Crippen molar-refractivity contribution in [3.8, 4) is 0 Å². The molecule has 1 atom stereocenters. The molecule has 30 heavy (non-hydrogen) atoms. The third-order valence-corrected chi connectivity index (χ3v) is 5.96. The molecule has 1 saturated heterocycles. The number of urea groups is 1. The summed E-state index contributed by atoms with van der Waals surface area (Å²) < 4.78 is 6.05. The van der Waals surface area contributed by atoms with E-state index < -0.39 is 17.2 Å². The summed E-state index contributed by atoms with van der Waals surface area (Å²) in [6, 6.07) is 15.5. The maximum Gasteiger partial charge on any atom is 0.336 e. The Morgan fingerprint density at radius 1 is 1.07 bits per heavy atom. The van der Waals surface area contributed by atoms with E-state index in [-0.39, 0.29) is 12.5 Å². The Morgan fingerprint density at radius 3 is 2.57 bits per heavy atom. The smallest absolute Gasteiger partial charge is 0.336 e. The SMILES string of the molecule is CCCCC1(c2ccccc2)NC(=O)N(Cc2cc(=O)oc3cc(Br)ccc23)C1=O. The Morgan fingerprint density at radius 2 is 1.83 bits per heavy atom. The molecule has 0 bridgehead atoms. The number of unbranched alkanes of at least 4 members (excludes halogenated alkanes) is 1. The molecule has 0 aliphatic carbocycles. The van der Waals surface area contributed by atoms with Gasteiger partial charge in [0.25, 0.3) is 5.91 Å². The van der Waals surface area contributed by atoms with E-state index >= 15 is 0 Å². The highest BCUT2D eigenvalue weighted by atomic mass is 79.9. The minimum Gasteiger partial charge on any atom is -0.423 e. The average molecular weight is 469 g/mol. The highest BCUT2D eigenvalue weighted by Crippen LogP contribution is 2.35. The number of carbonyl (C=O) groups excluding carboxylic acids is 2. The lowest BCUT2D eigenvalue weighted by Crippen LogP contribution is -2.44. The molecular weight excluding hydrogens is 448 g/mol. The molecule has 7 heteroatoms. The van der Waals surface area contributed by atoms with Gasteiger partial charge in [0.15, 0.2) is 0 Å². The van der Waals surface area contributed by atoms with E-state index in [1.54, 1.807) is 12.1 Å². The highest BCUT2D eigenvalue weighted by Gasteiger charge is 2.51. The standard InChI is InChI=1S/C23H21BrN2O4/c1-2-3-11-23(16-7-5-4-6-8-16)21(28)26(22(29)25-23)14-15-12-20(27)30-19-13-17(24)9-10-18(15)19/h4-10,12-13H,2-3,11,14H2,1H3,(H,25,29). The van der Waals surface area contributed by atoms with Crippen molar-refractivity contribution in [1.29, 1.82) is 0 Å². The topological polar surface area (TPSA) is 79.6 Å². The molecule has 1 N–H and O–H groups in total. The van der Waals surface area contributed by atoms with Crippen LogP contribution >= 0.6 is 15.9 Å². The zero-order valence-electron chi connectivity index (χ0n) is 16.5. The maximum absolute atomic E-state index is 13.6. The van der Waals surface area contributed by atoms with Gasteiger partial charge in [0, 0.05) is 15.9 Å². The van der Waals surface area contributed by atoms with Gasteiger partial charge in [0.1, 0.15) is 11.1 Å². The van der Waals surface area contributed by atoms with Crippen LogP contribution in [0.4, 0.5) is 4.79 Å². The lowest BCUT2D eigenvalue weighted by Gasteiger charge is -2.27. The first kappa shape index (κ1) is 20.3. The van der Waals surface area contributed by atoms with Crippen LogP contribution in [0.1, 0.15) is 37.3 Å². The fourth-order valence-electron chi connectivity index (χ4n) is 3.95. The molecule has 1 aliphatic rings. The van der Waals surface area contributed by atoms with Gasteiger partial charge in [-0.2, -0.15) is 0 Å². The van der Waals surface area contributed by atoms with Crippen LogP contribution in [0.2, 0.25) is 0 Å². The van der Waals surface area contributed by atoms with Crippen LogP contribution in [0.3, 0.4) is 0 Å². The Balaban J connectivity index is 1.74. The van der Waals surface area contributed by atoms with Crippen molar-refractivity contribution in [2.75, 3.05) is 0 Å². The Labute approximate surface area is 182 Å². The summed E-state index contributed by atoms with van der Waals surface area (Å²) in [5, 5.41) is 3.62. The Bertz CT molecular complexity index is 1170. The van der Waals surface area contributed by atoms with Crippen LogP contribution in [0.5, 0.6) is 0 Å². The maximum atomic E-state index is 13.6. The average Bonchev–Trinajstić information content (AvgIpc) is 2.97. The lowest BCUT2D eigenvalue weighted by atomic mass is 9.85. The summed E-state index contributed by atoms with van der Waals surface area (Å²) in [5.74, 6) is -0.300. The quantitative estimate of drug-likeness (QED) is 0.420. The molecule has 1 aliphatic heterocycles. The van der Waals surface area contributed by atoms with Crippen LogP contribution in [0.25, 0.3) is 11.0 Å². The molecule has 1 fully saturated rings. The van der Waals surface area contributed by atoms with Crippen LogP contribution in [-0.2, 0) is 16.9 Å². The van der Waals surface area contributed by atoms with Crippen molar-refractivity contribution in [3.63, 3.8) is 0 Å². The number of carbonyl (C=O) groups is 2. The highest BCUT2D eigenvalue weighted by molar-refractivity contribution is 9.10. The second-order valence-corrected chi connectivity index (χ2v) is 8.34.